The molecule has 2 heterocycles. The fraction of sp³-hybridized carbons (Fsp3) is 0.316. The van der Waals surface area contributed by atoms with Crippen molar-refractivity contribution in [2.75, 3.05) is 13.2 Å². The van der Waals surface area contributed by atoms with Gasteiger partial charge in [-0.15, -0.1) is 0 Å². The van der Waals surface area contributed by atoms with E-state index in [4.69, 9.17) is 9.47 Å². The largest absolute Gasteiger partial charge is 0.477 e. The van der Waals surface area contributed by atoms with E-state index in [-0.39, 0.29) is 0 Å². The zero-order valence-electron chi connectivity index (χ0n) is 13.8. The van der Waals surface area contributed by atoms with Crippen LogP contribution in [0.15, 0.2) is 48.9 Å². The molecule has 0 amide bonds. The van der Waals surface area contributed by atoms with Crippen LogP contribution in [0, 0.1) is 0 Å². The van der Waals surface area contributed by atoms with Crippen LogP contribution in [0.1, 0.15) is 25.3 Å². The average Bonchev–Trinajstić information content (AvgIpc) is 2.63. The van der Waals surface area contributed by atoms with Gasteiger partial charge in [0.1, 0.15) is 6.33 Å². The van der Waals surface area contributed by atoms with Crippen LogP contribution in [0.4, 0.5) is 0 Å². The number of benzene rings is 1. The van der Waals surface area contributed by atoms with E-state index in [1.807, 2.05) is 36.4 Å². The van der Waals surface area contributed by atoms with Crippen molar-refractivity contribution < 1.29 is 9.47 Å². The number of ether oxygens (including phenoxy) is 2. The second-order valence-corrected chi connectivity index (χ2v) is 5.46. The number of hydrogen-bond acceptors (Lipinski definition) is 5. The third kappa shape index (κ3) is 3.98. The van der Waals surface area contributed by atoms with Crippen LogP contribution in [-0.2, 0) is 6.42 Å². The van der Waals surface area contributed by atoms with Gasteiger partial charge in [0.05, 0.1) is 24.1 Å². The molecule has 0 N–H and O–H groups in total. The molecule has 0 spiro atoms. The van der Waals surface area contributed by atoms with Crippen LogP contribution in [0.3, 0.4) is 0 Å². The van der Waals surface area contributed by atoms with Crippen LogP contribution in [0.2, 0.25) is 0 Å². The first-order chi connectivity index (χ1) is 11.9. The number of fused-ring (bicyclic) bond motifs is 1. The first kappa shape index (κ1) is 16.2. The highest BCUT2D eigenvalue weighted by Gasteiger charge is 2.07. The van der Waals surface area contributed by atoms with Gasteiger partial charge in [-0.05, 0) is 24.6 Å². The molecule has 24 heavy (non-hydrogen) atoms. The maximum atomic E-state index is 5.87. The van der Waals surface area contributed by atoms with Crippen molar-refractivity contribution in [1.29, 1.82) is 0 Å². The average molecular weight is 323 g/mol. The Morgan fingerprint density at radius 2 is 1.75 bits per heavy atom. The molecule has 0 aliphatic rings. The minimum Gasteiger partial charge on any atom is -0.477 e. The third-order valence-corrected chi connectivity index (χ3v) is 3.70. The van der Waals surface area contributed by atoms with Crippen LogP contribution in [-0.4, -0.2) is 28.2 Å². The molecule has 3 aromatic rings. The van der Waals surface area contributed by atoms with Crippen molar-refractivity contribution >= 4 is 10.9 Å². The van der Waals surface area contributed by atoms with E-state index in [2.05, 4.69) is 21.9 Å². The van der Waals surface area contributed by atoms with Crippen molar-refractivity contribution in [1.82, 2.24) is 15.0 Å². The molecule has 0 saturated heterocycles. The fourth-order valence-corrected chi connectivity index (χ4v) is 2.41. The number of hydrogen-bond donors (Lipinski definition) is 0. The Kier molecular flexibility index (Phi) is 5.56. The summed E-state index contributed by atoms with van der Waals surface area (Å²) in [5, 5.41) is 0.922. The zero-order valence-corrected chi connectivity index (χ0v) is 13.8. The Labute approximate surface area is 141 Å². The molecule has 0 unspecified atom stereocenters. The minimum atomic E-state index is 0.511. The molecule has 0 radical (unpaired) electrons. The Bertz CT molecular complexity index is 787. The van der Waals surface area contributed by atoms with Gasteiger partial charge >= 0.3 is 0 Å². The van der Waals surface area contributed by atoms with Crippen LogP contribution in [0.25, 0.3) is 10.9 Å². The summed E-state index contributed by atoms with van der Waals surface area (Å²) in [7, 11) is 0. The van der Waals surface area contributed by atoms with Gasteiger partial charge in [0.15, 0.2) is 0 Å². The molecule has 0 aliphatic carbocycles. The van der Waals surface area contributed by atoms with E-state index in [1.165, 1.54) is 6.33 Å². The number of para-hydroxylation sites is 1. The second kappa shape index (κ2) is 8.24. The van der Waals surface area contributed by atoms with Crippen molar-refractivity contribution in [2.45, 2.75) is 26.2 Å². The molecule has 2 aromatic heterocycles. The summed E-state index contributed by atoms with van der Waals surface area (Å²) in [5.74, 6) is 1.31. The summed E-state index contributed by atoms with van der Waals surface area (Å²) >= 11 is 0. The summed E-state index contributed by atoms with van der Waals surface area (Å²) in [4.78, 5) is 12.8. The molecular weight excluding hydrogens is 302 g/mol. The van der Waals surface area contributed by atoms with Gasteiger partial charge in [-0.1, -0.05) is 31.5 Å². The van der Waals surface area contributed by atoms with Crippen LogP contribution >= 0.6 is 0 Å². The SMILES string of the molecule is CCCCOc1ncccc1CCOc1ncnc2ccccc12. The summed E-state index contributed by atoms with van der Waals surface area (Å²) in [5.41, 5.74) is 1.93. The molecule has 124 valence electrons. The molecule has 0 saturated carbocycles. The lowest BCUT2D eigenvalue weighted by molar-refractivity contribution is 0.285. The van der Waals surface area contributed by atoms with Gasteiger partial charge in [0.2, 0.25) is 11.8 Å². The van der Waals surface area contributed by atoms with Gasteiger partial charge in [-0.25, -0.2) is 15.0 Å². The number of rotatable bonds is 8. The first-order valence-corrected chi connectivity index (χ1v) is 8.27. The Morgan fingerprint density at radius 1 is 0.875 bits per heavy atom. The molecule has 5 heteroatoms. The quantitative estimate of drug-likeness (QED) is 0.590. The summed E-state index contributed by atoms with van der Waals surface area (Å²) in [6.07, 6.45) is 6.13. The lowest BCUT2D eigenvalue weighted by Crippen LogP contribution is -2.07. The topological polar surface area (TPSA) is 57.1 Å². The zero-order chi connectivity index (χ0) is 16.6. The highest BCUT2D eigenvalue weighted by Crippen LogP contribution is 2.21. The maximum absolute atomic E-state index is 5.87. The van der Waals surface area contributed by atoms with E-state index < -0.39 is 0 Å². The molecule has 5 nitrogen and oxygen atoms in total. The van der Waals surface area contributed by atoms with Gasteiger partial charge in [-0.3, -0.25) is 0 Å². The molecule has 1 aromatic carbocycles. The lowest BCUT2D eigenvalue weighted by atomic mass is 10.2. The van der Waals surface area contributed by atoms with Gasteiger partial charge in [0, 0.05) is 18.2 Å². The van der Waals surface area contributed by atoms with Crippen LogP contribution < -0.4 is 9.47 Å². The Morgan fingerprint density at radius 3 is 2.67 bits per heavy atom. The van der Waals surface area contributed by atoms with Crippen molar-refractivity contribution in [3.63, 3.8) is 0 Å². The van der Waals surface area contributed by atoms with E-state index in [1.54, 1.807) is 6.20 Å². The summed E-state index contributed by atoms with van der Waals surface area (Å²) in [6, 6.07) is 11.8. The Balaban J connectivity index is 1.64. The highest BCUT2D eigenvalue weighted by molar-refractivity contribution is 5.82. The van der Waals surface area contributed by atoms with Gasteiger partial charge in [-0.2, -0.15) is 0 Å². The number of pyridine rings is 1. The monoisotopic (exact) mass is 323 g/mol. The van der Waals surface area contributed by atoms with Crippen molar-refractivity contribution in [2.24, 2.45) is 0 Å². The number of aromatic nitrogens is 3. The molecule has 3 rings (SSSR count). The van der Waals surface area contributed by atoms with E-state index in [0.29, 0.717) is 31.4 Å². The first-order valence-electron chi connectivity index (χ1n) is 8.27. The van der Waals surface area contributed by atoms with Crippen LogP contribution in [0.5, 0.6) is 11.8 Å². The van der Waals surface area contributed by atoms with Crippen molar-refractivity contribution in [3.05, 3.63) is 54.5 Å². The maximum Gasteiger partial charge on any atom is 0.224 e. The molecular formula is C19H21N3O2. The predicted octanol–water partition coefficient (Wildman–Crippen LogP) is 3.83. The second-order valence-electron chi connectivity index (χ2n) is 5.46. The third-order valence-electron chi connectivity index (χ3n) is 3.70. The summed E-state index contributed by atoms with van der Waals surface area (Å²) < 4.78 is 11.6. The number of nitrogens with zero attached hydrogens (tertiary/aromatic N) is 3. The van der Waals surface area contributed by atoms with Crippen molar-refractivity contribution in [3.8, 4) is 11.8 Å². The van der Waals surface area contributed by atoms with E-state index in [0.717, 1.165) is 29.3 Å². The van der Waals surface area contributed by atoms with E-state index >= 15 is 0 Å². The molecule has 0 fully saturated rings. The minimum absolute atomic E-state index is 0.511. The van der Waals surface area contributed by atoms with Gasteiger partial charge in [0.25, 0.3) is 0 Å². The predicted molar refractivity (Wildman–Crippen MR) is 93.4 cm³/mol. The molecule has 0 aliphatic heterocycles. The normalized spacial score (nSPS) is 10.7. The number of unbranched alkanes of at least 4 members (excludes halogenated alkanes) is 1. The Hall–Kier alpha value is -2.69. The summed E-state index contributed by atoms with van der Waals surface area (Å²) in [6.45, 7) is 3.34. The van der Waals surface area contributed by atoms with Gasteiger partial charge < -0.3 is 9.47 Å². The lowest BCUT2D eigenvalue weighted by Gasteiger charge is -2.11. The van der Waals surface area contributed by atoms with E-state index in [9.17, 15) is 0 Å². The smallest absolute Gasteiger partial charge is 0.224 e. The molecule has 0 atom stereocenters. The molecule has 0 bridgehead atoms. The highest BCUT2D eigenvalue weighted by atomic mass is 16.5. The fourth-order valence-electron chi connectivity index (χ4n) is 2.41. The standard InChI is InChI=1S/C19H21N3O2/c1-2-3-12-23-18-15(7-6-11-20-18)10-13-24-19-16-8-4-5-9-17(16)21-14-22-19/h4-9,11,14H,2-3,10,12-13H2,1H3.